The SMILES string of the molecule is CCOc1ccc(C(C)NC(=O)C(N)CCCOC)cc1. The number of hydrogen-bond acceptors (Lipinski definition) is 4. The third-order valence-electron chi connectivity index (χ3n) is 3.25. The highest BCUT2D eigenvalue weighted by Gasteiger charge is 2.16. The summed E-state index contributed by atoms with van der Waals surface area (Å²) in [6.45, 7) is 5.15. The maximum atomic E-state index is 12.0. The fourth-order valence-electron chi connectivity index (χ4n) is 2.00. The minimum atomic E-state index is -0.495. The highest BCUT2D eigenvalue weighted by molar-refractivity contribution is 5.81. The molecule has 0 bridgehead atoms. The number of nitrogens with two attached hydrogens (primary N) is 1. The van der Waals surface area contributed by atoms with Crippen LogP contribution in [0, 0.1) is 0 Å². The van der Waals surface area contributed by atoms with Crippen molar-refractivity contribution in [2.45, 2.75) is 38.8 Å². The lowest BCUT2D eigenvalue weighted by molar-refractivity contribution is -0.123. The Kier molecular flexibility index (Phi) is 7.79. The van der Waals surface area contributed by atoms with Crippen LogP contribution in [0.4, 0.5) is 0 Å². The Morgan fingerprint density at radius 1 is 1.33 bits per heavy atom. The first-order chi connectivity index (χ1) is 10.1. The molecule has 0 aliphatic heterocycles. The van der Waals surface area contributed by atoms with Crippen molar-refractivity contribution in [1.29, 1.82) is 0 Å². The van der Waals surface area contributed by atoms with Gasteiger partial charge >= 0.3 is 0 Å². The highest BCUT2D eigenvalue weighted by atomic mass is 16.5. The van der Waals surface area contributed by atoms with Gasteiger partial charge in [0.15, 0.2) is 0 Å². The molecule has 2 unspecified atom stereocenters. The van der Waals surface area contributed by atoms with Crippen molar-refractivity contribution in [2.24, 2.45) is 5.73 Å². The normalized spacial score (nSPS) is 13.5. The minimum absolute atomic E-state index is 0.0818. The largest absolute Gasteiger partial charge is 0.494 e. The lowest BCUT2D eigenvalue weighted by Crippen LogP contribution is -2.41. The van der Waals surface area contributed by atoms with Gasteiger partial charge in [-0.25, -0.2) is 0 Å². The monoisotopic (exact) mass is 294 g/mol. The van der Waals surface area contributed by atoms with Gasteiger partial charge < -0.3 is 20.5 Å². The van der Waals surface area contributed by atoms with Crippen molar-refractivity contribution in [3.8, 4) is 5.75 Å². The molecule has 0 aliphatic rings. The molecular weight excluding hydrogens is 268 g/mol. The molecule has 0 saturated carbocycles. The zero-order valence-electron chi connectivity index (χ0n) is 13.1. The molecule has 0 heterocycles. The van der Waals surface area contributed by atoms with Crippen LogP contribution in [0.5, 0.6) is 5.75 Å². The number of methoxy groups -OCH3 is 1. The smallest absolute Gasteiger partial charge is 0.237 e. The van der Waals surface area contributed by atoms with Crippen molar-refractivity contribution in [3.63, 3.8) is 0 Å². The first-order valence-corrected chi connectivity index (χ1v) is 7.36. The van der Waals surface area contributed by atoms with Crippen molar-refractivity contribution in [3.05, 3.63) is 29.8 Å². The molecule has 5 heteroatoms. The average molecular weight is 294 g/mol. The molecule has 21 heavy (non-hydrogen) atoms. The fourth-order valence-corrected chi connectivity index (χ4v) is 2.00. The van der Waals surface area contributed by atoms with Crippen LogP contribution in [0.3, 0.4) is 0 Å². The summed E-state index contributed by atoms with van der Waals surface area (Å²) in [5.74, 6) is 0.698. The van der Waals surface area contributed by atoms with E-state index >= 15 is 0 Å². The second-order valence-corrected chi connectivity index (χ2v) is 4.97. The van der Waals surface area contributed by atoms with Gasteiger partial charge in [0.1, 0.15) is 5.75 Å². The number of benzene rings is 1. The van der Waals surface area contributed by atoms with Gasteiger partial charge in [-0.05, 0) is 44.4 Å². The van der Waals surface area contributed by atoms with Gasteiger partial charge in [-0.15, -0.1) is 0 Å². The minimum Gasteiger partial charge on any atom is -0.494 e. The lowest BCUT2D eigenvalue weighted by Gasteiger charge is -2.18. The number of nitrogens with one attached hydrogen (secondary N) is 1. The number of hydrogen-bond donors (Lipinski definition) is 2. The molecule has 5 nitrogen and oxygen atoms in total. The molecule has 0 saturated heterocycles. The Labute approximate surface area is 126 Å². The number of ether oxygens (including phenoxy) is 2. The van der Waals surface area contributed by atoms with Crippen LogP contribution >= 0.6 is 0 Å². The summed E-state index contributed by atoms with van der Waals surface area (Å²) in [5.41, 5.74) is 6.88. The molecule has 0 fully saturated rings. The molecule has 2 atom stereocenters. The summed E-state index contributed by atoms with van der Waals surface area (Å²) in [7, 11) is 1.64. The third kappa shape index (κ3) is 6.14. The van der Waals surface area contributed by atoms with E-state index in [2.05, 4.69) is 5.32 Å². The summed E-state index contributed by atoms with van der Waals surface area (Å²) in [4.78, 5) is 12.0. The van der Waals surface area contributed by atoms with Gasteiger partial charge in [0.05, 0.1) is 18.7 Å². The van der Waals surface area contributed by atoms with Crippen LogP contribution in [0.15, 0.2) is 24.3 Å². The summed E-state index contributed by atoms with van der Waals surface area (Å²) < 4.78 is 10.3. The average Bonchev–Trinajstić information content (AvgIpc) is 2.48. The van der Waals surface area contributed by atoms with Crippen molar-refractivity contribution in [1.82, 2.24) is 5.32 Å². The molecule has 1 amide bonds. The first kappa shape index (κ1) is 17.5. The molecule has 3 N–H and O–H groups in total. The zero-order chi connectivity index (χ0) is 15.7. The Morgan fingerprint density at radius 3 is 2.57 bits per heavy atom. The van der Waals surface area contributed by atoms with Crippen LogP contribution < -0.4 is 15.8 Å². The fraction of sp³-hybridized carbons (Fsp3) is 0.562. The van der Waals surface area contributed by atoms with Crippen LogP contribution in [0.2, 0.25) is 0 Å². The maximum Gasteiger partial charge on any atom is 0.237 e. The Balaban J connectivity index is 2.47. The summed E-state index contributed by atoms with van der Waals surface area (Å²) in [6.07, 6.45) is 1.40. The van der Waals surface area contributed by atoms with Crippen LogP contribution in [0.25, 0.3) is 0 Å². The van der Waals surface area contributed by atoms with Gasteiger partial charge in [-0.1, -0.05) is 12.1 Å². The van der Waals surface area contributed by atoms with E-state index in [1.165, 1.54) is 0 Å². The summed E-state index contributed by atoms with van der Waals surface area (Å²) in [6, 6.07) is 7.13. The van der Waals surface area contributed by atoms with E-state index in [4.69, 9.17) is 15.2 Å². The van der Waals surface area contributed by atoms with Crippen LogP contribution in [0.1, 0.15) is 38.3 Å². The van der Waals surface area contributed by atoms with E-state index < -0.39 is 6.04 Å². The lowest BCUT2D eigenvalue weighted by atomic mass is 10.1. The van der Waals surface area contributed by atoms with E-state index in [-0.39, 0.29) is 11.9 Å². The topological polar surface area (TPSA) is 73.6 Å². The summed E-state index contributed by atoms with van der Waals surface area (Å²) >= 11 is 0. The standard InChI is InChI=1S/C16H26N2O3/c1-4-21-14-9-7-13(8-10-14)12(2)18-16(19)15(17)6-5-11-20-3/h7-10,12,15H,4-6,11,17H2,1-3H3,(H,18,19). The molecule has 1 aromatic carbocycles. The van der Waals surface area contributed by atoms with E-state index in [1.54, 1.807) is 7.11 Å². The van der Waals surface area contributed by atoms with Gasteiger partial charge in [-0.3, -0.25) is 4.79 Å². The van der Waals surface area contributed by atoms with E-state index in [9.17, 15) is 4.79 Å². The second-order valence-electron chi connectivity index (χ2n) is 4.97. The molecule has 0 aromatic heterocycles. The van der Waals surface area contributed by atoms with E-state index in [0.29, 0.717) is 19.6 Å². The van der Waals surface area contributed by atoms with Crippen LogP contribution in [-0.4, -0.2) is 32.3 Å². The molecular formula is C16H26N2O3. The number of rotatable bonds is 9. The van der Waals surface area contributed by atoms with Gasteiger partial charge in [-0.2, -0.15) is 0 Å². The van der Waals surface area contributed by atoms with Crippen molar-refractivity contribution < 1.29 is 14.3 Å². The number of amides is 1. The van der Waals surface area contributed by atoms with Gasteiger partial charge in [0.2, 0.25) is 5.91 Å². The zero-order valence-corrected chi connectivity index (χ0v) is 13.1. The van der Waals surface area contributed by atoms with Gasteiger partial charge in [0.25, 0.3) is 0 Å². The quantitative estimate of drug-likeness (QED) is 0.683. The van der Waals surface area contributed by atoms with E-state index in [1.807, 2.05) is 38.1 Å². The molecule has 0 spiro atoms. The summed E-state index contributed by atoms with van der Waals surface area (Å²) in [5, 5.41) is 2.93. The molecule has 0 radical (unpaired) electrons. The molecule has 118 valence electrons. The van der Waals surface area contributed by atoms with Crippen LogP contribution in [-0.2, 0) is 9.53 Å². The number of carbonyl (C=O) groups is 1. The predicted octanol–water partition coefficient (Wildman–Crippen LogP) is 2.02. The van der Waals surface area contributed by atoms with Crippen molar-refractivity contribution >= 4 is 5.91 Å². The Morgan fingerprint density at radius 2 is 2.00 bits per heavy atom. The second kappa shape index (κ2) is 9.37. The van der Waals surface area contributed by atoms with Crippen molar-refractivity contribution in [2.75, 3.05) is 20.3 Å². The highest BCUT2D eigenvalue weighted by Crippen LogP contribution is 2.17. The number of carbonyl (C=O) groups excluding carboxylic acids is 1. The molecule has 0 aliphatic carbocycles. The third-order valence-corrected chi connectivity index (χ3v) is 3.25. The van der Waals surface area contributed by atoms with Gasteiger partial charge in [0, 0.05) is 13.7 Å². The first-order valence-electron chi connectivity index (χ1n) is 7.36. The van der Waals surface area contributed by atoms with E-state index in [0.717, 1.165) is 17.7 Å². The molecule has 1 rings (SSSR count). The Bertz CT molecular complexity index is 420. The maximum absolute atomic E-state index is 12.0. The predicted molar refractivity (Wildman–Crippen MR) is 83.3 cm³/mol. The Hall–Kier alpha value is -1.59. The molecule has 1 aromatic rings.